The van der Waals surface area contributed by atoms with Gasteiger partial charge in [0.25, 0.3) is 0 Å². The number of nitrogens with zero attached hydrogens (tertiary/aromatic N) is 3. The van der Waals surface area contributed by atoms with E-state index >= 15 is 0 Å². The molecule has 1 aliphatic heterocycles. The van der Waals surface area contributed by atoms with Crippen LogP contribution in [-0.4, -0.2) is 54.6 Å². The Morgan fingerprint density at radius 3 is 2.63 bits per heavy atom. The van der Waals surface area contributed by atoms with E-state index in [1.54, 1.807) is 13.3 Å². The molecule has 0 amide bonds. The molecule has 0 saturated carbocycles. The molecule has 0 unspecified atom stereocenters. The highest BCUT2D eigenvalue weighted by Gasteiger charge is 2.16. The van der Waals surface area contributed by atoms with Crippen LogP contribution >= 0.6 is 11.6 Å². The van der Waals surface area contributed by atoms with Crippen LogP contribution in [0.2, 0.25) is 5.02 Å². The Morgan fingerprint density at radius 2 is 2.05 bits per heavy atom. The van der Waals surface area contributed by atoms with Crippen LogP contribution in [0.5, 0.6) is 5.75 Å². The molecular formula is C14H20ClN3O. The number of piperazine rings is 1. The molecule has 0 bridgehead atoms. The summed E-state index contributed by atoms with van der Waals surface area (Å²) in [6.07, 6.45) is 3.64. The fourth-order valence-electron chi connectivity index (χ4n) is 2.24. The molecule has 4 nitrogen and oxygen atoms in total. The quantitative estimate of drug-likeness (QED) is 0.773. The second-order valence-corrected chi connectivity index (χ2v) is 5.08. The molecule has 1 aromatic heterocycles. The van der Waals surface area contributed by atoms with Crippen molar-refractivity contribution in [2.45, 2.75) is 6.54 Å². The Labute approximate surface area is 119 Å². The number of hydrogen-bond acceptors (Lipinski definition) is 4. The van der Waals surface area contributed by atoms with Gasteiger partial charge in [0, 0.05) is 39.3 Å². The first kappa shape index (κ1) is 14.3. The normalized spacial score (nSPS) is 17.4. The topological polar surface area (TPSA) is 28.6 Å². The van der Waals surface area contributed by atoms with Gasteiger partial charge < -0.3 is 4.74 Å². The van der Waals surface area contributed by atoms with E-state index in [0.717, 1.165) is 45.0 Å². The highest BCUT2D eigenvalue weighted by atomic mass is 35.5. The molecule has 0 aromatic carbocycles. The molecular weight excluding hydrogens is 262 g/mol. The Hall–Kier alpha value is -1.10. The van der Waals surface area contributed by atoms with Crippen molar-refractivity contribution < 1.29 is 4.74 Å². The van der Waals surface area contributed by atoms with Crippen molar-refractivity contribution in [2.24, 2.45) is 0 Å². The van der Waals surface area contributed by atoms with Gasteiger partial charge in [0.15, 0.2) is 5.75 Å². The second kappa shape index (κ2) is 6.89. The molecule has 0 N–H and O–H groups in total. The molecule has 0 spiro atoms. The summed E-state index contributed by atoms with van der Waals surface area (Å²) in [6.45, 7) is 9.86. The summed E-state index contributed by atoms with van der Waals surface area (Å²) in [5.74, 6) is 0.626. The monoisotopic (exact) mass is 281 g/mol. The Balaban J connectivity index is 1.88. The van der Waals surface area contributed by atoms with Gasteiger partial charge in [0.1, 0.15) is 0 Å². The highest BCUT2D eigenvalue weighted by Crippen LogP contribution is 2.23. The molecule has 19 heavy (non-hydrogen) atoms. The molecule has 2 rings (SSSR count). The smallest absolute Gasteiger partial charge is 0.155 e. The van der Waals surface area contributed by atoms with Gasteiger partial charge in [-0.25, -0.2) is 0 Å². The summed E-state index contributed by atoms with van der Waals surface area (Å²) in [5, 5.41) is 0.623. The average Bonchev–Trinajstić information content (AvgIpc) is 2.42. The van der Waals surface area contributed by atoms with E-state index in [-0.39, 0.29) is 0 Å². The lowest BCUT2D eigenvalue weighted by molar-refractivity contribution is 0.136. The summed E-state index contributed by atoms with van der Waals surface area (Å²) in [4.78, 5) is 9.17. The molecule has 104 valence electrons. The van der Waals surface area contributed by atoms with Gasteiger partial charge in [-0.3, -0.25) is 14.8 Å². The molecule has 2 heterocycles. The average molecular weight is 282 g/mol. The molecule has 5 heteroatoms. The van der Waals surface area contributed by atoms with Crippen LogP contribution in [0.3, 0.4) is 0 Å². The van der Waals surface area contributed by atoms with Crippen molar-refractivity contribution in [3.05, 3.63) is 35.6 Å². The van der Waals surface area contributed by atoms with Crippen molar-refractivity contribution in [1.29, 1.82) is 0 Å². The summed E-state index contributed by atoms with van der Waals surface area (Å²) in [6, 6.07) is 1.89. The third kappa shape index (κ3) is 3.93. The minimum atomic E-state index is 0.623. The van der Waals surface area contributed by atoms with Crippen molar-refractivity contribution in [2.75, 3.05) is 39.8 Å². The lowest BCUT2D eigenvalue weighted by Gasteiger charge is -2.33. The molecule has 1 aromatic rings. The zero-order valence-electron chi connectivity index (χ0n) is 11.3. The zero-order chi connectivity index (χ0) is 13.7. The van der Waals surface area contributed by atoms with E-state index < -0.39 is 0 Å². The predicted octanol–water partition coefficient (Wildman–Crippen LogP) is 2.05. The van der Waals surface area contributed by atoms with Crippen molar-refractivity contribution >= 4 is 11.6 Å². The van der Waals surface area contributed by atoms with Crippen LogP contribution in [0.25, 0.3) is 0 Å². The van der Waals surface area contributed by atoms with Crippen molar-refractivity contribution in [3.8, 4) is 5.75 Å². The van der Waals surface area contributed by atoms with E-state index in [9.17, 15) is 0 Å². The maximum absolute atomic E-state index is 6.11. The Kier molecular flexibility index (Phi) is 5.19. The van der Waals surface area contributed by atoms with Crippen molar-refractivity contribution in [1.82, 2.24) is 14.8 Å². The highest BCUT2D eigenvalue weighted by molar-refractivity contribution is 6.32. The standard InChI is InChI=1S/C14H20ClN3O/c1-3-4-17-5-7-18(8-6-17)11-12-9-13(15)14(19-2)10-16-12/h3,9-10H,1,4-8,11H2,2H3. The van der Waals surface area contributed by atoms with Gasteiger partial charge >= 0.3 is 0 Å². The third-order valence-electron chi connectivity index (χ3n) is 3.33. The molecule has 0 radical (unpaired) electrons. The number of aromatic nitrogens is 1. The molecule has 0 atom stereocenters. The van der Waals surface area contributed by atoms with Crippen LogP contribution in [0.1, 0.15) is 5.69 Å². The predicted molar refractivity (Wildman–Crippen MR) is 77.7 cm³/mol. The summed E-state index contributed by atoms with van der Waals surface area (Å²) in [5.41, 5.74) is 0.989. The molecule has 1 aliphatic rings. The second-order valence-electron chi connectivity index (χ2n) is 4.68. The van der Waals surface area contributed by atoms with Crippen molar-refractivity contribution in [3.63, 3.8) is 0 Å². The van der Waals surface area contributed by atoms with Gasteiger partial charge in [0.05, 0.1) is 24.0 Å². The molecule has 1 saturated heterocycles. The number of pyridine rings is 1. The van der Waals surface area contributed by atoms with E-state index in [1.165, 1.54) is 0 Å². The number of methoxy groups -OCH3 is 1. The van der Waals surface area contributed by atoms with Gasteiger partial charge in [-0.1, -0.05) is 17.7 Å². The van der Waals surface area contributed by atoms with E-state index in [1.807, 2.05) is 12.1 Å². The third-order valence-corrected chi connectivity index (χ3v) is 3.63. The van der Waals surface area contributed by atoms with Crippen LogP contribution < -0.4 is 4.74 Å². The minimum absolute atomic E-state index is 0.623. The van der Waals surface area contributed by atoms with Gasteiger partial charge in [-0.15, -0.1) is 6.58 Å². The fourth-order valence-corrected chi connectivity index (χ4v) is 2.49. The summed E-state index contributed by atoms with van der Waals surface area (Å²) < 4.78 is 5.11. The first-order valence-electron chi connectivity index (χ1n) is 6.47. The van der Waals surface area contributed by atoms with E-state index in [0.29, 0.717) is 10.8 Å². The van der Waals surface area contributed by atoms with Gasteiger partial charge in [0.2, 0.25) is 0 Å². The minimum Gasteiger partial charge on any atom is -0.494 e. The first-order valence-corrected chi connectivity index (χ1v) is 6.84. The SMILES string of the molecule is C=CCN1CCN(Cc2cc(Cl)c(OC)cn2)CC1. The Bertz CT molecular complexity index is 431. The molecule has 1 fully saturated rings. The maximum Gasteiger partial charge on any atom is 0.155 e. The van der Waals surface area contributed by atoms with Crippen LogP contribution in [0.4, 0.5) is 0 Å². The van der Waals surface area contributed by atoms with E-state index in [4.69, 9.17) is 16.3 Å². The fraction of sp³-hybridized carbons (Fsp3) is 0.500. The number of hydrogen-bond donors (Lipinski definition) is 0. The zero-order valence-corrected chi connectivity index (χ0v) is 12.1. The van der Waals surface area contributed by atoms with Crippen LogP contribution in [0.15, 0.2) is 24.9 Å². The number of ether oxygens (including phenoxy) is 1. The number of halogens is 1. The maximum atomic E-state index is 6.11. The van der Waals surface area contributed by atoms with E-state index in [2.05, 4.69) is 21.4 Å². The molecule has 0 aliphatic carbocycles. The van der Waals surface area contributed by atoms with Crippen LogP contribution in [0, 0.1) is 0 Å². The first-order chi connectivity index (χ1) is 9.22. The summed E-state index contributed by atoms with van der Waals surface area (Å²) >= 11 is 6.11. The largest absolute Gasteiger partial charge is 0.494 e. The lowest BCUT2D eigenvalue weighted by atomic mass is 10.2. The Morgan fingerprint density at radius 1 is 1.37 bits per heavy atom. The lowest BCUT2D eigenvalue weighted by Crippen LogP contribution is -2.45. The number of rotatable bonds is 5. The van der Waals surface area contributed by atoms with Gasteiger partial charge in [-0.2, -0.15) is 0 Å². The van der Waals surface area contributed by atoms with Gasteiger partial charge in [-0.05, 0) is 6.07 Å². The summed E-state index contributed by atoms with van der Waals surface area (Å²) in [7, 11) is 1.60. The van der Waals surface area contributed by atoms with Crippen LogP contribution in [-0.2, 0) is 6.54 Å².